The molecular weight excluding hydrogens is 202 g/mol. The fourth-order valence-electron chi connectivity index (χ4n) is 3.17. The largest absolute Gasteiger partial charge is 0.279 e. The van der Waals surface area contributed by atoms with Gasteiger partial charge in [-0.3, -0.25) is 14.5 Å². The summed E-state index contributed by atoms with van der Waals surface area (Å²) in [6.45, 7) is 4.09. The van der Waals surface area contributed by atoms with Gasteiger partial charge in [0, 0.05) is 6.04 Å². The molecule has 2 rings (SSSR count). The van der Waals surface area contributed by atoms with Crippen LogP contribution < -0.4 is 0 Å². The Kier molecular flexibility index (Phi) is 3.31. The second-order valence-corrected chi connectivity index (χ2v) is 5.18. The zero-order valence-corrected chi connectivity index (χ0v) is 10.2. The molecule has 3 unspecified atom stereocenters. The van der Waals surface area contributed by atoms with Crippen LogP contribution in [0.25, 0.3) is 0 Å². The standard InChI is InChI=1S/C13H21NO2/c1-3-6-9(2)14-12(15)10-7-4-5-8-11(10)13(14)16/h9-11H,3-8H2,1-2H3. The van der Waals surface area contributed by atoms with Crippen LogP contribution in [0.2, 0.25) is 0 Å². The maximum absolute atomic E-state index is 12.2. The van der Waals surface area contributed by atoms with Gasteiger partial charge < -0.3 is 0 Å². The van der Waals surface area contributed by atoms with Crippen molar-refractivity contribution in [3.8, 4) is 0 Å². The summed E-state index contributed by atoms with van der Waals surface area (Å²) in [4.78, 5) is 25.9. The maximum Gasteiger partial charge on any atom is 0.233 e. The highest BCUT2D eigenvalue weighted by Crippen LogP contribution is 2.39. The topological polar surface area (TPSA) is 37.4 Å². The molecule has 1 aliphatic heterocycles. The molecular formula is C13H21NO2. The third kappa shape index (κ3) is 1.76. The van der Waals surface area contributed by atoms with Gasteiger partial charge in [0.1, 0.15) is 0 Å². The monoisotopic (exact) mass is 223 g/mol. The number of carbonyl (C=O) groups is 2. The highest BCUT2D eigenvalue weighted by atomic mass is 16.2. The molecule has 2 aliphatic rings. The lowest BCUT2D eigenvalue weighted by Gasteiger charge is -2.22. The maximum atomic E-state index is 12.2. The quantitative estimate of drug-likeness (QED) is 0.689. The van der Waals surface area contributed by atoms with Crippen molar-refractivity contribution in [2.24, 2.45) is 11.8 Å². The second kappa shape index (κ2) is 4.56. The summed E-state index contributed by atoms with van der Waals surface area (Å²) in [5.41, 5.74) is 0. The smallest absolute Gasteiger partial charge is 0.233 e. The van der Waals surface area contributed by atoms with Crippen LogP contribution in [0.5, 0.6) is 0 Å². The molecule has 0 aromatic rings. The van der Waals surface area contributed by atoms with E-state index in [0.29, 0.717) is 0 Å². The first-order chi connectivity index (χ1) is 7.66. The lowest BCUT2D eigenvalue weighted by Crippen LogP contribution is -2.38. The Balaban J connectivity index is 2.15. The molecule has 3 heteroatoms. The predicted octanol–water partition coefficient (Wildman–Crippen LogP) is 2.35. The molecule has 3 nitrogen and oxygen atoms in total. The minimum absolute atomic E-state index is 0.0144. The summed E-state index contributed by atoms with van der Waals surface area (Å²) in [7, 11) is 0. The highest BCUT2D eigenvalue weighted by molar-refractivity contribution is 6.05. The van der Waals surface area contributed by atoms with Gasteiger partial charge in [0.05, 0.1) is 11.8 Å². The lowest BCUT2D eigenvalue weighted by atomic mass is 9.81. The van der Waals surface area contributed by atoms with Gasteiger partial charge in [0.25, 0.3) is 0 Å². The average Bonchev–Trinajstić information content (AvgIpc) is 2.53. The number of likely N-dealkylation sites (tertiary alicyclic amines) is 1. The summed E-state index contributed by atoms with van der Waals surface area (Å²) in [5.74, 6) is 0.243. The SMILES string of the molecule is CCCC(C)N1C(=O)C2CCCCC2C1=O. The molecule has 3 atom stereocenters. The van der Waals surface area contributed by atoms with Gasteiger partial charge in [-0.2, -0.15) is 0 Å². The summed E-state index contributed by atoms with van der Waals surface area (Å²) in [6, 6.07) is 0.0931. The van der Waals surface area contributed by atoms with Gasteiger partial charge >= 0.3 is 0 Å². The molecule has 0 bridgehead atoms. The molecule has 1 heterocycles. The summed E-state index contributed by atoms with van der Waals surface area (Å²) in [5, 5.41) is 0. The molecule has 0 aromatic heterocycles. The van der Waals surface area contributed by atoms with Crippen molar-refractivity contribution in [3.05, 3.63) is 0 Å². The molecule has 16 heavy (non-hydrogen) atoms. The van der Waals surface area contributed by atoms with Gasteiger partial charge in [-0.05, 0) is 26.2 Å². The van der Waals surface area contributed by atoms with Crippen LogP contribution in [0.1, 0.15) is 52.4 Å². The van der Waals surface area contributed by atoms with Gasteiger partial charge in [0.15, 0.2) is 0 Å². The first kappa shape index (κ1) is 11.6. The molecule has 0 spiro atoms. The lowest BCUT2D eigenvalue weighted by molar-refractivity contribution is -0.142. The first-order valence-corrected chi connectivity index (χ1v) is 6.53. The van der Waals surface area contributed by atoms with Gasteiger partial charge in [-0.15, -0.1) is 0 Å². The van der Waals surface area contributed by atoms with E-state index in [1.54, 1.807) is 4.90 Å². The van der Waals surface area contributed by atoms with Crippen molar-refractivity contribution in [1.29, 1.82) is 0 Å². The number of amides is 2. The van der Waals surface area contributed by atoms with E-state index >= 15 is 0 Å². The van der Waals surface area contributed by atoms with Crippen molar-refractivity contribution >= 4 is 11.8 Å². The zero-order valence-electron chi connectivity index (χ0n) is 10.2. The fraction of sp³-hybridized carbons (Fsp3) is 0.846. The summed E-state index contributed by atoms with van der Waals surface area (Å²) >= 11 is 0. The molecule has 1 aliphatic carbocycles. The van der Waals surface area contributed by atoms with E-state index in [9.17, 15) is 9.59 Å². The number of rotatable bonds is 3. The number of imide groups is 1. The highest BCUT2D eigenvalue weighted by Gasteiger charge is 2.49. The molecule has 2 fully saturated rings. The summed E-state index contributed by atoms with van der Waals surface area (Å²) < 4.78 is 0. The van der Waals surface area contributed by atoms with E-state index in [1.807, 2.05) is 6.92 Å². The predicted molar refractivity (Wildman–Crippen MR) is 61.7 cm³/mol. The van der Waals surface area contributed by atoms with E-state index in [1.165, 1.54) is 0 Å². The van der Waals surface area contributed by atoms with E-state index < -0.39 is 0 Å². The first-order valence-electron chi connectivity index (χ1n) is 6.53. The molecule has 1 saturated heterocycles. The summed E-state index contributed by atoms with van der Waals surface area (Å²) in [6.07, 6.45) is 6.01. The van der Waals surface area contributed by atoms with Crippen molar-refractivity contribution in [1.82, 2.24) is 4.90 Å². The van der Waals surface area contributed by atoms with Crippen LogP contribution in [0.15, 0.2) is 0 Å². The molecule has 1 saturated carbocycles. The Morgan fingerprint density at radius 3 is 2.12 bits per heavy atom. The van der Waals surface area contributed by atoms with Crippen LogP contribution in [0.3, 0.4) is 0 Å². The Bertz CT molecular complexity index is 276. The van der Waals surface area contributed by atoms with E-state index in [2.05, 4.69) is 6.92 Å². The van der Waals surface area contributed by atoms with Gasteiger partial charge in [-0.25, -0.2) is 0 Å². The van der Waals surface area contributed by atoms with E-state index in [0.717, 1.165) is 38.5 Å². The molecule has 90 valence electrons. The number of hydrogen-bond acceptors (Lipinski definition) is 2. The minimum atomic E-state index is 0.0144. The number of fused-ring (bicyclic) bond motifs is 1. The third-order valence-corrected chi connectivity index (χ3v) is 4.02. The van der Waals surface area contributed by atoms with E-state index in [-0.39, 0.29) is 29.7 Å². The Labute approximate surface area is 97.2 Å². The Hall–Kier alpha value is -0.860. The fourth-order valence-corrected chi connectivity index (χ4v) is 3.17. The van der Waals surface area contributed by atoms with Crippen molar-refractivity contribution in [2.75, 3.05) is 0 Å². The average molecular weight is 223 g/mol. The van der Waals surface area contributed by atoms with Crippen molar-refractivity contribution in [3.63, 3.8) is 0 Å². The number of hydrogen-bond donors (Lipinski definition) is 0. The van der Waals surface area contributed by atoms with Gasteiger partial charge in [0.2, 0.25) is 11.8 Å². The Morgan fingerprint density at radius 2 is 1.69 bits per heavy atom. The number of nitrogens with zero attached hydrogens (tertiary/aromatic N) is 1. The number of carbonyl (C=O) groups excluding carboxylic acids is 2. The van der Waals surface area contributed by atoms with Crippen LogP contribution in [-0.2, 0) is 9.59 Å². The molecule has 0 aromatic carbocycles. The second-order valence-electron chi connectivity index (χ2n) is 5.18. The van der Waals surface area contributed by atoms with Gasteiger partial charge in [-0.1, -0.05) is 26.2 Å². The normalized spacial score (nSPS) is 31.8. The van der Waals surface area contributed by atoms with Crippen molar-refractivity contribution < 1.29 is 9.59 Å². The minimum Gasteiger partial charge on any atom is -0.279 e. The van der Waals surface area contributed by atoms with Crippen LogP contribution in [0, 0.1) is 11.8 Å². The van der Waals surface area contributed by atoms with E-state index in [4.69, 9.17) is 0 Å². The van der Waals surface area contributed by atoms with Crippen molar-refractivity contribution in [2.45, 2.75) is 58.4 Å². The zero-order chi connectivity index (χ0) is 11.7. The van der Waals surface area contributed by atoms with Crippen LogP contribution >= 0.6 is 0 Å². The van der Waals surface area contributed by atoms with Crippen LogP contribution in [0.4, 0.5) is 0 Å². The Morgan fingerprint density at radius 1 is 1.19 bits per heavy atom. The van der Waals surface area contributed by atoms with Crippen LogP contribution in [-0.4, -0.2) is 22.8 Å². The molecule has 2 amide bonds. The molecule has 0 N–H and O–H groups in total. The third-order valence-electron chi connectivity index (χ3n) is 4.02. The molecule has 0 radical (unpaired) electrons.